The maximum Gasteiger partial charge on any atom is 0.335 e. The summed E-state index contributed by atoms with van der Waals surface area (Å²) in [7, 11) is 0. The standard InChI is InChI=1S/C16H17ClO4/c1-16(2,3)21-15(20)10-13(18)8-9-14(19)11-4-6-12(17)7-5-11/h4-10,18H,1-3H3/b9-8+,13-10-. The molecule has 0 spiro atoms. The number of halogens is 1. The Hall–Kier alpha value is -2.07. The molecule has 0 amide bonds. The maximum absolute atomic E-state index is 11.8. The van der Waals surface area contributed by atoms with Gasteiger partial charge in [-0.25, -0.2) is 4.79 Å². The average molecular weight is 309 g/mol. The predicted molar refractivity (Wildman–Crippen MR) is 81.5 cm³/mol. The highest BCUT2D eigenvalue weighted by Gasteiger charge is 2.14. The van der Waals surface area contributed by atoms with E-state index in [1.807, 2.05) is 0 Å². The van der Waals surface area contributed by atoms with Crippen LogP contribution in [0.25, 0.3) is 0 Å². The average Bonchev–Trinajstić information content (AvgIpc) is 2.34. The highest BCUT2D eigenvalue weighted by Crippen LogP contribution is 2.11. The lowest BCUT2D eigenvalue weighted by Crippen LogP contribution is -2.22. The summed E-state index contributed by atoms with van der Waals surface area (Å²) in [6, 6.07) is 6.34. The number of esters is 1. The van der Waals surface area contributed by atoms with Gasteiger partial charge in [0.25, 0.3) is 0 Å². The Morgan fingerprint density at radius 3 is 2.24 bits per heavy atom. The molecular weight excluding hydrogens is 292 g/mol. The number of benzene rings is 1. The van der Waals surface area contributed by atoms with Crippen molar-refractivity contribution in [3.8, 4) is 0 Å². The molecule has 4 nitrogen and oxygen atoms in total. The summed E-state index contributed by atoms with van der Waals surface area (Å²) in [5.41, 5.74) is -0.211. The number of carbonyl (C=O) groups is 2. The zero-order valence-electron chi connectivity index (χ0n) is 12.1. The zero-order valence-corrected chi connectivity index (χ0v) is 12.8. The molecule has 5 heteroatoms. The van der Waals surface area contributed by atoms with E-state index in [1.54, 1.807) is 45.0 Å². The van der Waals surface area contributed by atoms with E-state index in [-0.39, 0.29) is 11.5 Å². The monoisotopic (exact) mass is 308 g/mol. The third kappa shape index (κ3) is 6.77. The Kier molecular flexibility index (Phi) is 5.73. The van der Waals surface area contributed by atoms with Crippen LogP contribution < -0.4 is 0 Å². The molecule has 0 saturated heterocycles. The van der Waals surface area contributed by atoms with E-state index in [1.165, 1.54) is 6.08 Å². The van der Waals surface area contributed by atoms with Gasteiger partial charge in [-0.1, -0.05) is 11.6 Å². The molecule has 0 atom stereocenters. The van der Waals surface area contributed by atoms with Gasteiger partial charge < -0.3 is 9.84 Å². The van der Waals surface area contributed by atoms with E-state index in [2.05, 4.69) is 0 Å². The second-order valence-electron chi connectivity index (χ2n) is 5.31. The first-order valence-electron chi connectivity index (χ1n) is 6.29. The van der Waals surface area contributed by atoms with Crippen LogP contribution in [0.5, 0.6) is 0 Å². The lowest BCUT2D eigenvalue weighted by Gasteiger charge is -2.17. The molecule has 0 bridgehead atoms. The van der Waals surface area contributed by atoms with E-state index >= 15 is 0 Å². The normalized spacial score (nSPS) is 12.5. The second-order valence-corrected chi connectivity index (χ2v) is 5.74. The van der Waals surface area contributed by atoms with Gasteiger partial charge in [-0.15, -0.1) is 0 Å². The fourth-order valence-electron chi connectivity index (χ4n) is 1.37. The first-order valence-corrected chi connectivity index (χ1v) is 6.67. The molecular formula is C16H17ClO4. The molecule has 21 heavy (non-hydrogen) atoms. The molecule has 0 aromatic heterocycles. The van der Waals surface area contributed by atoms with Gasteiger partial charge in [0.05, 0.1) is 6.08 Å². The van der Waals surface area contributed by atoms with E-state index in [0.29, 0.717) is 10.6 Å². The van der Waals surface area contributed by atoms with Gasteiger partial charge in [-0.3, -0.25) is 4.79 Å². The predicted octanol–water partition coefficient (Wildman–Crippen LogP) is 3.86. The Balaban J connectivity index is 2.69. The molecule has 0 saturated carbocycles. The summed E-state index contributed by atoms with van der Waals surface area (Å²) in [6.07, 6.45) is 3.22. The summed E-state index contributed by atoms with van der Waals surface area (Å²) in [4.78, 5) is 23.2. The van der Waals surface area contributed by atoms with Crippen LogP contribution in [0.2, 0.25) is 5.02 Å². The fraction of sp³-hybridized carbons (Fsp3) is 0.250. The molecule has 1 aromatic carbocycles. The Morgan fingerprint density at radius 2 is 1.71 bits per heavy atom. The van der Waals surface area contributed by atoms with Crippen LogP contribution >= 0.6 is 11.6 Å². The van der Waals surface area contributed by atoms with Crippen LogP contribution in [-0.4, -0.2) is 22.5 Å². The van der Waals surface area contributed by atoms with Crippen molar-refractivity contribution in [2.45, 2.75) is 26.4 Å². The van der Waals surface area contributed by atoms with Crippen molar-refractivity contribution in [3.05, 3.63) is 58.8 Å². The zero-order chi connectivity index (χ0) is 16.0. The first kappa shape index (κ1) is 17.0. The fourth-order valence-corrected chi connectivity index (χ4v) is 1.50. The van der Waals surface area contributed by atoms with Gasteiger partial charge in [-0.05, 0) is 57.2 Å². The topological polar surface area (TPSA) is 63.6 Å². The molecule has 112 valence electrons. The van der Waals surface area contributed by atoms with E-state index < -0.39 is 11.6 Å². The number of hydrogen-bond donors (Lipinski definition) is 1. The van der Waals surface area contributed by atoms with Crippen molar-refractivity contribution in [2.24, 2.45) is 0 Å². The van der Waals surface area contributed by atoms with Crippen molar-refractivity contribution >= 4 is 23.4 Å². The molecule has 1 N–H and O–H groups in total. The van der Waals surface area contributed by atoms with E-state index in [0.717, 1.165) is 12.2 Å². The van der Waals surface area contributed by atoms with Crippen molar-refractivity contribution in [1.29, 1.82) is 0 Å². The molecule has 0 heterocycles. The third-order valence-corrected chi connectivity index (χ3v) is 2.46. The second kappa shape index (κ2) is 7.09. The number of allylic oxidation sites excluding steroid dienone is 2. The van der Waals surface area contributed by atoms with Gasteiger partial charge in [0, 0.05) is 10.6 Å². The van der Waals surface area contributed by atoms with Crippen LogP contribution in [0.3, 0.4) is 0 Å². The van der Waals surface area contributed by atoms with Gasteiger partial charge in [0.2, 0.25) is 0 Å². The Morgan fingerprint density at radius 1 is 1.14 bits per heavy atom. The minimum absolute atomic E-state index is 0.309. The molecule has 0 unspecified atom stereocenters. The van der Waals surface area contributed by atoms with Crippen LogP contribution in [0, 0.1) is 0 Å². The molecule has 1 rings (SSSR count). The SMILES string of the molecule is CC(C)(C)OC(=O)/C=C(O)/C=C/C(=O)c1ccc(Cl)cc1. The van der Waals surface area contributed by atoms with Gasteiger partial charge >= 0.3 is 5.97 Å². The van der Waals surface area contributed by atoms with Gasteiger partial charge in [-0.2, -0.15) is 0 Å². The summed E-state index contributed by atoms with van der Waals surface area (Å²) in [5, 5.41) is 10.1. The number of rotatable bonds is 4. The summed E-state index contributed by atoms with van der Waals surface area (Å²) in [5.74, 6) is -1.34. The largest absolute Gasteiger partial charge is 0.508 e. The number of aliphatic hydroxyl groups is 1. The molecule has 0 fully saturated rings. The Bertz CT molecular complexity index is 577. The first-order chi connectivity index (χ1) is 9.67. The molecule has 0 aliphatic heterocycles. The minimum Gasteiger partial charge on any atom is -0.508 e. The van der Waals surface area contributed by atoms with E-state index in [4.69, 9.17) is 16.3 Å². The lowest BCUT2D eigenvalue weighted by atomic mass is 10.1. The minimum atomic E-state index is -0.677. The van der Waals surface area contributed by atoms with Crippen LogP contribution in [0.1, 0.15) is 31.1 Å². The van der Waals surface area contributed by atoms with Crippen LogP contribution in [0.4, 0.5) is 0 Å². The smallest absolute Gasteiger partial charge is 0.335 e. The van der Waals surface area contributed by atoms with Crippen molar-refractivity contribution in [3.63, 3.8) is 0 Å². The molecule has 0 radical (unpaired) electrons. The van der Waals surface area contributed by atoms with Crippen molar-refractivity contribution in [1.82, 2.24) is 0 Å². The van der Waals surface area contributed by atoms with E-state index in [9.17, 15) is 14.7 Å². The number of hydrogen-bond acceptors (Lipinski definition) is 4. The van der Waals surface area contributed by atoms with Crippen LogP contribution in [-0.2, 0) is 9.53 Å². The molecule has 1 aromatic rings. The summed E-state index contributed by atoms with van der Waals surface area (Å²) >= 11 is 5.72. The van der Waals surface area contributed by atoms with Gasteiger partial charge in [0.1, 0.15) is 11.4 Å². The summed E-state index contributed by atoms with van der Waals surface area (Å²) < 4.78 is 5.00. The maximum atomic E-state index is 11.8. The number of ether oxygens (including phenoxy) is 1. The highest BCUT2D eigenvalue weighted by atomic mass is 35.5. The van der Waals surface area contributed by atoms with Crippen molar-refractivity contribution < 1.29 is 19.4 Å². The van der Waals surface area contributed by atoms with Crippen LogP contribution in [0.15, 0.2) is 48.3 Å². The number of carbonyl (C=O) groups excluding carboxylic acids is 2. The lowest BCUT2D eigenvalue weighted by molar-refractivity contribution is -0.148. The quantitative estimate of drug-likeness (QED) is 0.301. The van der Waals surface area contributed by atoms with Gasteiger partial charge in [0.15, 0.2) is 5.78 Å². The van der Waals surface area contributed by atoms with Crippen molar-refractivity contribution in [2.75, 3.05) is 0 Å². The molecule has 0 aliphatic carbocycles. The Labute approximate surface area is 128 Å². The number of ketones is 1. The summed E-state index contributed by atoms with van der Waals surface area (Å²) in [6.45, 7) is 5.15. The molecule has 0 aliphatic rings. The third-order valence-electron chi connectivity index (χ3n) is 2.21. The highest BCUT2D eigenvalue weighted by molar-refractivity contribution is 6.30. The number of aliphatic hydroxyl groups excluding tert-OH is 1.